The number of hydrogen-bond acceptors (Lipinski definition) is 9. The van der Waals surface area contributed by atoms with Gasteiger partial charge in [0.1, 0.15) is 17.2 Å². The van der Waals surface area contributed by atoms with E-state index in [2.05, 4.69) is 25.0 Å². The first-order chi connectivity index (χ1) is 18.7. The second-order valence-electron chi connectivity index (χ2n) is 9.10. The van der Waals surface area contributed by atoms with E-state index >= 15 is 0 Å². The number of allylic oxidation sites excluding steroid dienone is 4. The monoisotopic (exact) mass is 550 g/mol. The average molecular weight is 551 g/mol. The molecule has 1 aliphatic carbocycles. The van der Waals surface area contributed by atoms with Gasteiger partial charge in [-0.1, -0.05) is 18.2 Å². The summed E-state index contributed by atoms with van der Waals surface area (Å²) < 4.78 is 44.7. The Balaban J connectivity index is 1.59. The summed E-state index contributed by atoms with van der Waals surface area (Å²) in [5.74, 6) is -0.843. The zero-order chi connectivity index (χ0) is 27.7. The maximum Gasteiger partial charge on any atom is 0.304 e. The third kappa shape index (κ3) is 5.03. The van der Waals surface area contributed by atoms with Crippen LogP contribution in [0, 0.1) is 5.92 Å². The summed E-state index contributed by atoms with van der Waals surface area (Å²) in [6, 6.07) is 8.69. The van der Waals surface area contributed by atoms with E-state index in [9.17, 15) is 12.8 Å². The van der Waals surface area contributed by atoms with Crippen molar-refractivity contribution < 1.29 is 12.8 Å². The molecule has 0 saturated carbocycles. The standard InChI is InChI=1S/C25H27FN10O2S/c1-34(2)39(37,38)36(15-17-9-5-6-12-29-17)21-22(27)31-24(32-23(21)28)20-18-10-7-13-30-25(18)35(33-20)14-16-8-3-4-11-19(16)26/h3-7,9-13,16H,8,14-15H2,1-2H3,(H4,27,28,31,32). The molecule has 0 spiro atoms. The second-order valence-corrected chi connectivity index (χ2v) is 11.2. The first kappa shape index (κ1) is 26.2. The first-order valence-electron chi connectivity index (χ1n) is 12.0. The molecule has 0 aromatic carbocycles. The molecule has 5 rings (SSSR count). The van der Waals surface area contributed by atoms with Crippen LogP contribution in [0.25, 0.3) is 22.6 Å². The molecule has 1 aliphatic rings. The topological polar surface area (TPSA) is 162 Å². The van der Waals surface area contributed by atoms with Crippen LogP contribution in [0.1, 0.15) is 12.1 Å². The van der Waals surface area contributed by atoms with Crippen molar-refractivity contribution >= 4 is 38.6 Å². The summed E-state index contributed by atoms with van der Waals surface area (Å²) in [6.07, 6.45) is 8.73. The van der Waals surface area contributed by atoms with E-state index in [1.54, 1.807) is 53.5 Å². The van der Waals surface area contributed by atoms with Crippen molar-refractivity contribution in [2.75, 3.05) is 29.9 Å². The minimum absolute atomic E-state index is 0.0684. The van der Waals surface area contributed by atoms with Gasteiger partial charge in [0, 0.05) is 32.4 Å². The summed E-state index contributed by atoms with van der Waals surface area (Å²) in [5, 5.41) is 5.26. The van der Waals surface area contributed by atoms with Crippen LogP contribution in [0.4, 0.5) is 21.7 Å². The minimum atomic E-state index is -4.05. The summed E-state index contributed by atoms with van der Waals surface area (Å²) in [7, 11) is -1.26. The third-order valence-electron chi connectivity index (χ3n) is 6.27. The molecule has 4 heterocycles. The van der Waals surface area contributed by atoms with Gasteiger partial charge in [-0.15, -0.1) is 0 Å². The molecule has 14 heteroatoms. The third-order valence-corrected chi connectivity index (χ3v) is 8.06. The summed E-state index contributed by atoms with van der Waals surface area (Å²) in [6.45, 7) is 0.108. The minimum Gasteiger partial charge on any atom is -0.382 e. The Hall–Kier alpha value is -4.43. The molecular weight excluding hydrogens is 523 g/mol. The Morgan fingerprint density at radius 2 is 1.82 bits per heavy atom. The lowest BCUT2D eigenvalue weighted by atomic mass is 10.00. The molecule has 12 nitrogen and oxygen atoms in total. The van der Waals surface area contributed by atoms with Crippen molar-refractivity contribution in [2.45, 2.75) is 19.5 Å². The van der Waals surface area contributed by atoms with Gasteiger partial charge >= 0.3 is 10.2 Å². The van der Waals surface area contributed by atoms with Crippen LogP contribution < -0.4 is 15.8 Å². The SMILES string of the molecule is CN(C)S(=O)(=O)N(Cc1ccccn1)c1c(N)nc(-c2nn(CC3CC=CC=C3F)c3ncccc23)nc1N. The largest absolute Gasteiger partial charge is 0.382 e. The highest BCUT2D eigenvalue weighted by molar-refractivity contribution is 7.90. The molecule has 0 aliphatic heterocycles. The average Bonchev–Trinajstić information content (AvgIpc) is 3.28. The number of rotatable bonds is 8. The summed E-state index contributed by atoms with van der Waals surface area (Å²) >= 11 is 0. The quantitative estimate of drug-likeness (QED) is 0.336. The number of fused-ring (bicyclic) bond motifs is 1. The van der Waals surface area contributed by atoms with Crippen molar-refractivity contribution in [1.29, 1.82) is 0 Å². The highest BCUT2D eigenvalue weighted by Crippen LogP contribution is 2.35. The molecule has 0 bridgehead atoms. The van der Waals surface area contributed by atoms with Crippen molar-refractivity contribution in [3.63, 3.8) is 0 Å². The Kier molecular flexibility index (Phi) is 6.97. The van der Waals surface area contributed by atoms with Crippen LogP contribution in [0.15, 0.2) is 66.8 Å². The second kappa shape index (κ2) is 10.4. The van der Waals surface area contributed by atoms with Crippen molar-refractivity contribution in [3.8, 4) is 11.5 Å². The van der Waals surface area contributed by atoms with Crippen LogP contribution >= 0.6 is 0 Å². The maximum atomic E-state index is 14.4. The molecule has 0 saturated heterocycles. The molecule has 4 aromatic rings. The Morgan fingerprint density at radius 1 is 1.08 bits per heavy atom. The Bertz CT molecular complexity index is 1660. The molecule has 202 valence electrons. The lowest BCUT2D eigenvalue weighted by Crippen LogP contribution is -2.41. The van der Waals surface area contributed by atoms with E-state index in [4.69, 9.17) is 11.5 Å². The number of pyridine rings is 2. The predicted octanol–water partition coefficient (Wildman–Crippen LogP) is 2.69. The highest BCUT2D eigenvalue weighted by atomic mass is 32.2. The zero-order valence-electron chi connectivity index (χ0n) is 21.3. The van der Waals surface area contributed by atoms with Gasteiger partial charge in [0.15, 0.2) is 23.1 Å². The van der Waals surface area contributed by atoms with Gasteiger partial charge in [-0.25, -0.2) is 28.3 Å². The van der Waals surface area contributed by atoms with Crippen LogP contribution in [0.3, 0.4) is 0 Å². The van der Waals surface area contributed by atoms with Crippen molar-refractivity contribution in [2.24, 2.45) is 5.92 Å². The molecule has 0 fully saturated rings. The van der Waals surface area contributed by atoms with E-state index in [0.717, 1.165) is 8.61 Å². The molecule has 0 radical (unpaired) electrons. The van der Waals surface area contributed by atoms with Gasteiger partial charge in [0.25, 0.3) is 0 Å². The number of nitrogens with two attached hydrogens (primary N) is 2. The van der Waals surface area contributed by atoms with Gasteiger partial charge in [-0.3, -0.25) is 4.98 Å². The van der Waals surface area contributed by atoms with Crippen molar-refractivity contribution in [3.05, 3.63) is 72.5 Å². The van der Waals surface area contributed by atoms with Gasteiger partial charge < -0.3 is 11.5 Å². The summed E-state index contributed by atoms with van der Waals surface area (Å²) in [5.41, 5.74) is 13.9. The normalized spacial score (nSPS) is 15.6. The molecule has 0 amide bonds. The summed E-state index contributed by atoms with van der Waals surface area (Å²) in [4.78, 5) is 17.5. The van der Waals surface area contributed by atoms with Gasteiger partial charge in [-0.05, 0) is 36.8 Å². The van der Waals surface area contributed by atoms with E-state index in [0.29, 0.717) is 28.8 Å². The number of nitrogen functional groups attached to an aromatic ring is 2. The highest BCUT2D eigenvalue weighted by Gasteiger charge is 2.31. The van der Waals surface area contributed by atoms with E-state index in [-0.39, 0.29) is 48.0 Å². The van der Waals surface area contributed by atoms with Gasteiger partial charge in [0.05, 0.1) is 24.2 Å². The predicted molar refractivity (Wildman–Crippen MR) is 147 cm³/mol. The molecule has 39 heavy (non-hydrogen) atoms. The molecular formula is C25H27FN10O2S. The Labute approximate surface area is 224 Å². The number of hydrogen-bond donors (Lipinski definition) is 2. The fourth-order valence-corrected chi connectivity index (χ4v) is 5.39. The van der Waals surface area contributed by atoms with E-state index in [1.807, 2.05) is 6.08 Å². The van der Waals surface area contributed by atoms with E-state index in [1.165, 1.54) is 20.2 Å². The number of halogens is 1. The molecule has 4 aromatic heterocycles. The number of nitrogens with zero attached hydrogens (tertiary/aromatic N) is 8. The smallest absolute Gasteiger partial charge is 0.304 e. The maximum absolute atomic E-state index is 14.4. The van der Waals surface area contributed by atoms with E-state index < -0.39 is 10.2 Å². The zero-order valence-corrected chi connectivity index (χ0v) is 22.1. The first-order valence-corrected chi connectivity index (χ1v) is 13.4. The number of aromatic nitrogens is 6. The van der Waals surface area contributed by atoms with Crippen LogP contribution in [-0.2, 0) is 23.3 Å². The number of anilines is 3. The molecule has 4 N–H and O–H groups in total. The van der Waals surface area contributed by atoms with Gasteiger partial charge in [0.2, 0.25) is 0 Å². The lowest BCUT2D eigenvalue weighted by Gasteiger charge is -2.28. The van der Waals surface area contributed by atoms with Crippen LogP contribution in [-0.4, -0.2) is 56.5 Å². The fourth-order valence-electron chi connectivity index (χ4n) is 4.29. The Morgan fingerprint density at radius 3 is 2.49 bits per heavy atom. The van der Waals surface area contributed by atoms with Gasteiger partial charge in [-0.2, -0.15) is 17.8 Å². The molecule has 1 unspecified atom stereocenters. The lowest BCUT2D eigenvalue weighted by molar-refractivity contribution is 0.399. The van der Waals surface area contributed by atoms with Crippen molar-refractivity contribution in [1.82, 2.24) is 34.0 Å². The van der Waals surface area contributed by atoms with Crippen LogP contribution in [0.5, 0.6) is 0 Å². The molecule has 1 atom stereocenters. The van der Waals surface area contributed by atoms with Crippen LogP contribution in [0.2, 0.25) is 0 Å². The fraction of sp³-hybridized carbons (Fsp3) is 0.240.